The SMILES string of the molecule is CCOc1ccc(C(=O)Oc2ccc(C(=N)N)cc2)cc1. The predicted molar refractivity (Wildman–Crippen MR) is 80.0 cm³/mol. The summed E-state index contributed by atoms with van der Waals surface area (Å²) in [4.78, 5) is 12.0. The number of hydrogen-bond acceptors (Lipinski definition) is 4. The molecule has 0 atom stereocenters. The van der Waals surface area contributed by atoms with E-state index in [-0.39, 0.29) is 5.84 Å². The first kappa shape index (κ1) is 14.6. The van der Waals surface area contributed by atoms with Crippen molar-refractivity contribution in [2.45, 2.75) is 6.92 Å². The molecule has 0 heterocycles. The molecule has 2 aromatic carbocycles. The first-order valence-corrected chi connectivity index (χ1v) is 6.49. The monoisotopic (exact) mass is 284 g/mol. The third-order valence-electron chi connectivity index (χ3n) is 2.78. The average molecular weight is 284 g/mol. The molecule has 0 saturated carbocycles. The Balaban J connectivity index is 2.05. The quantitative estimate of drug-likeness (QED) is 0.382. The second-order valence-corrected chi connectivity index (χ2v) is 4.28. The Bertz CT molecular complexity index is 634. The van der Waals surface area contributed by atoms with E-state index in [0.717, 1.165) is 0 Å². The van der Waals surface area contributed by atoms with Crippen molar-refractivity contribution in [2.75, 3.05) is 6.61 Å². The molecule has 3 N–H and O–H groups in total. The smallest absolute Gasteiger partial charge is 0.343 e. The van der Waals surface area contributed by atoms with Gasteiger partial charge in [0.2, 0.25) is 0 Å². The maximum absolute atomic E-state index is 12.0. The van der Waals surface area contributed by atoms with Gasteiger partial charge in [-0.15, -0.1) is 0 Å². The van der Waals surface area contributed by atoms with E-state index in [2.05, 4.69) is 0 Å². The first-order chi connectivity index (χ1) is 10.1. The molecule has 2 rings (SSSR count). The number of nitrogens with one attached hydrogen (secondary N) is 1. The molecule has 0 amide bonds. The summed E-state index contributed by atoms with van der Waals surface area (Å²) in [6.07, 6.45) is 0. The van der Waals surface area contributed by atoms with E-state index in [4.69, 9.17) is 20.6 Å². The van der Waals surface area contributed by atoms with E-state index in [0.29, 0.717) is 29.2 Å². The van der Waals surface area contributed by atoms with Crippen molar-refractivity contribution >= 4 is 11.8 Å². The zero-order chi connectivity index (χ0) is 15.2. The molecule has 0 aliphatic carbocycles. The van der Waals surface area contributed by atoms with Crippen LogP contribution in [-0.2, 0) is 0 Å². The highest BCUT2D eigenvalue weighted by atomic mass is 16.5. The summed E-state index contributed by atoms with van der Waals surface area (Å²) in [6.45, 7) is 2.47. The topological polar surface area (TPSA) is 85.4 Å². The normalized spacial score (nSPS) is 9.95. The van der Waals surface area contributed by atoms with Gasteiger partial charge in [-0.2, -0.15) is 0 Å². The molecular formula is C16H16N2O3. The molecule has 0 saturated heterocycles. The fourth-order valence-electron chi connectivity index (χ4n) is 1.72. The van der Waals surface area contributed by atoms with Crippen LogP contribution in [0.5, 0.6) is 11.5 Å². The minimum absolute atomic E-state index is 0.0283. The summed E-state index contributed by atoms with van der Waals surface area (Å²) >= 11 is 0. The lowest BCUT2D eigenvalue weighted by atomic mass is 10.2. The highest BCUT2D eigenvalue weighted by molar-refractivity contribution is 5.95. The molecule has 0 aliphatic heterocycles. The molecule has 2 aromatic rings. The van der Waals surface area contributed by atoms with Gasteiger partial charge < -0.3 is 15.2 Å². The molecular weight excluding hydrogens is 268 g/mol. The lowest BCUT2D eigenvalue weighted by Crippen LogP contribution is -2.11. The number of carbonyl (C=O) groups is 1. The molecule has 0 spiro atoms. The van der Waals surface area contributed by atoms with Crippen molar-refractivity contribution in [1.82, 2.24) is 0 Å². The van der Waals surface area contributed by atoms with Gasteiger partial charge in [-0.05, 0) is 55.5 Å². The van der Waals surface area contributed by atoms with E-state index in [1.807, 2.05) is 6.92 Å². The third kappa shape index (κ3) is 3.82. The number of nitrogens with two attached hydrogens (primary N) is 1. The summed E-state index contributed by atoms with van der Waals surface area (Å²) in [5, 5.41) is 7.29. The van der Waals surface area contributed by atoms with Crippen LogP contribution in [0.4, 0.5) is 0 Å². The maximum Gasteiger partial charge on any atom is 0.343 e. The molecule has 0 aromatic heterocycles. The number of benzene rings is 2. The number of amidine groups is 1. The van der Waals surface area contributed by atoms with Gasteiger partial charge >= 0.3 is 5.97 Å². The number of rotatable bonds is 5. The second-order valence-electron chi connectivity index (χ2n) is 4.28. The Morgan fingerprint density at radius 3 is 2.05 bits per heavy atom. The summed E-state index contributed by atoms with van der Waals surface area (Å²) in [5.41, 5.74) is 6.38. The summed E-state index contributed by atoms with van der Waals surface area (Å²) in [7, 11) is 0. The van der Waals surface area contributed by atoms with Crippen LogP contribution >= 0.6 is 0 Å². The first-order valence-electron chi connectivity index (χ1n) is 6.49. The van der Waals surface area contributed by atoms with Crippen LogP contribution in [0.25, 0.3) is 0 Å². The Kier molecular flexibility index (Phi) is 4.56. The Labute approximate surface area is 122 Å². The van der Waals surface area contributed by atoms with Gasteiger partial charge in [0.25, 0.3) is 0 Å². The number of esters is 1. The van der Waals surface area contributed by atoms with Crippen molar-refractivity contribution in [1.29, 1.82) is 5.41 Å². The predicted octanol–water partition coefficient (Wildman–Crippen LogP) is 2.59. The van der Waals surface area contributed by atoms with Crippen LogP contribution in [0.3, 0.4) is 0 Å². The lowest BCUT2D eigenvalue weighted by Gasteiger charge is -2.06. The number of ether oxygens (including phenoxy) is 2. The van der Waals surface area contributed by atoms with Crippen LogP contribution in [0.15, 0.2) is 48.5 Å². The van der Waals surface area contributed by atoms with E-state index in [1.165, 1.54) is 0 Å². The molecule has 5 nitrogen and oxygen atoms in total. The van der Waals surface area contributed by atoms with E-state index in [1.54, 1.807) is 48.5 Å². The summed E-state index contributed by atoms with van der Waals surface area (Å²) < 4.78 is 10.6. The summed E-state index contributed by atoms with van der Waals surface area (Å²) in [5.74, 6) is 0.631. The molecule has 21 heavy (non-hydrogen) atoms. The van der Waals surface area contributed by atoms with Crippen molar-refractivity contribution in [3.63, 3.8) is 0 Å². The maximum atomic E-state index is 12.0. The molecule has 0 aliphatic rings. The van der Waals surface area contributed by atoms with Gasteiger partial charge in [0.1, 0.15) is 17.3 Å². The van der Waals surface area contributed by atoms with Crippen LogP contribution in [-0.4, -0.2) is 18.4 Å². The number of nitrogen functional groups attached to an aromatic ring is 1. The van der Waals surface area contributed by atoms with E-state index < -0.39 is 5.97 Å². The highest BCUT2D eigenvalue weighted by Crippen LogP contribution is 2.16. The van der Waals surface area contributed by atoms with Crippen molar-refractivity contribution in [2.24, 2.45) is 5.73 Å². The zero-order valence-electron chi connectivity index (χ0n) is 11.6. The lowest BCUT2D eigenvalue weighted by molar-refractivity contribution is 0.0734. The fourth-order valence-corrected chi connectivity index (χ4v) is 1.72. The molecule has 0 bridgehead atoms. The molecule has 0 fully saturated rings. The third-order valence-corrected chi connectivity index (χ3v) is 2.78. The van der Waals surface area contributed by atoms with Crippen molar-refractivity contribution in [3.8, 4) is 11.5 Å². The van der Waals surface area contributed by atoms with Crippen LogP contribution in [0.1, 0.15) is 22.8 Å². The number of hydrogen-bond donors (Lipinski definition) is 2. The Morgan fingerprint density at radius 1 is 1.00 bits per heavy atom. The minimum atomic E-state index is -0.450. The van der Waals surface area contributed by atoms with Crippen molar-refractivity contribution in [3.05, 3.63) is 59.7 Å². The van der Waals surface area contributed by atoms with Gasteiger partial charge in [-0.3, -0.25) is 5.41 Å². The standard InChI is InChI=1S/C16H16N2O3/c1-2-20-13-7-5-12(6-8-13)16(19)21-14-9-3-11(4-10-14)15(17)18/h3-10H,2H2,1H3,(H3,17,18). The number of carbonyl (C=O) groups excluding carboxylic acids is 1. The molecule has 5 heteroatoms. The summed E-state index contributed by atoms with van der Waals surface area (Å²) in [6, 6.07) is 13.2. The second kappa shape index (κ2) is 6.56. The fraction of sp³-hybridized carbons (Fsp3) is 0.125. The van der Waals surface area contributed by atoms with Gasteiger partial charge in [0, 0.05) is 5.56 Å². The highest BCUT2D eigenvalue weighted by Gasteiger charge is 2.09. The van der Waals surface area contributed by atoms with Gasteiger partial charge in [0.15, 0.2) is 0 Å². The van der Waals surface area contributed by atoms with Crippen molar-refractivity contribution < 1.29 is 14.3 Å². The molecule has 0 unspecified atom stereocenters. The van der Waals surface area contributed by atoms with E-state index >= 15 is 0 Å². The van der Waals surface area contributed by atoms with Crippen LogP contribution in [0.2, 0.25) is 0 Å². The van der Waals surface area contributed by atoms with Crippen LogP contribution < -0.4 is 15.2 Å². The minimum Gasteiger partial charge on any atom is -0.494 e. The Hall–Kier alpha value is -2.82. The van der Waals surface area contributed by atoms with Gasteiger partial charge in [-0.25, -0.2) is 4.79 Å². The van der Waals surface area contributed by atoms with E-state index in [9.17, 15) is 4.79 Å². The molecule has 0 radical (unpaired) electrons. The Morgan fingerprint density at radius 2 is 1.52 bits per heavy atom. The average Bonchev–Trinajstić information content (AvgIpc) is 2.49. The van der Waals surface area contributed by atoms with Crippen LogP contribution in [0, 0.1) is 5.41 Å². The zero-order valence-corrected chi connectivity index (χ0v) is 11.6. The largest absolute Gasteiger partial charge is 0.494 e. The van der Waals surface area contributed by atoms with Gasteiger partial charge in [-0.1, -0.05) is 0 Å². The molecule has 108 valence electrons. The van der Waals surface area contributed by atoms with Gasteiger partial charge in [0.05, 0.1) is 12.2 Å².